The van der Waals surface area contributed by atoms with Gasteiger partial charge in [-0.3, -0.25) is 0 Å². The maximum absolute atomic E-state index is 16.2. The lowest BCUT2D eigenvalue weighted by Gasteiger charge is -2.50. The summed E-state index contributed by atoms with van der Waals surface area (Å²) in [5, 5.41) is 41.8. The van der Waals surface area contributed by atoms with Crippen molar-refractivity contribution in [3.05, 3.63) is 11.6 Å². The number of halogens is 2. The second-order valence-corrected chi connectivity index (χ2v) is 16.9. The predicted molar refractivity (Wildman–Crippen MR) is 157 cm³/mol. The number of hydrogen-bond acceptors (Lipinski definition) is 7. The minimum Gasteiger partial charge on any atom is -0.484 e. The molecule has 0 bridgehead atoms. The Morgan fingerprint density at radius 3 is 0.977 bits per heavy atom. The summed E-state index contributed by atoms with van der Waals surface area (Å²) in [5.41, 5.74) is -4.86. The van der Waals surface area contributed by atoms with Crippen LogP contribution in [0.4, 0.5) is 8.78 Å². The first kappa shape index (κ1) is 35.0. The van der Waals surface area contributed by atoms with E-state index in [0.717, 1.165) is 15.2 Å². The second kappa shape index (κ2) is 11.2. The zero-order valence-electron chi connectivity index (χ0n) is 28.5. The summed E-state index contributed by atoms with van der Waals surface area (Å²) in [6.07, 6.45) is -0.231. The van der Waals surface area contributed by atoms with Gasteiger partial charge in [0.15, 0.2) is 0 Å². The van der Waals surface area contributed by atoms with E-state index < -0.39 is 80.7 Å². The first-order valence-electron chi connectivity index (χ1n) is 15.6. The summed E-state index contributed by atoms with van der Waals surface area (Å²) in [6, 6.07) is 0. The fourth-order valence-electron chi connectivity index (χ4n) is 7.99. The number of rotatable bonds is 6. The molecule has 4 heterocycles. The van der Waals surface area contributed by atoms with Crippen molar-refractivity contribution in [2.75, 3.05) is 0 Å². The molecule has 3 aliphatic rings. The van der Waals surface area contributed by atoms with E-state index in [1.807, 2.05) is 0 Å². The maximum atomic E-state index is 16.2. The van der Waals surface area contributed by atoms with E-state index >= 15 is 8.78 Å². The van der Waals surface area contributed by atoms with Gasteiger partial charge in [0, 0.05) is 71.8 Å². The molecule has 3 aliphatic heterocycles. The smallest absolute Gasteiger partial charge is 0.258 e. The largest absolute Gasteiger partial charge is 0.484 e. The molecule has 0 aromatic carbocycles. The van der Waals surface area contributed by atoms with Gasteiger partial charge in [0.2, 0.25) is 17.4 Å². The van der Waals surface area contributed by atoms with E-state index in [9.17, 15) is 15.6 Å². The maximum Gasteiger partial charge on any atom is 0.258 e. The highest BCUT2D eigenvalue weighted by Gasteiger charge is 2.50. The molecule has 44 heavy (non-hydrogen) atoms. The molecular formula is C32H51F2N4O6. The van der Waals surface area contributed by atoms with Crippen molar-refractivity contribution in [3.8, 4) is 17.5 Å². The highest BCUT2D eigenvalue weighted by atomic mass is 19.1. The molecule has 1 aromatic rings. The first-order chi connectivity index (χ1) is 19.8. The minimum absolute atomic E-state index is 0.238. The molecule has 0 aliphatic carbocycles. The number of piperidine rings is 3. The van der Waals surface area contributed by atoms with Crippen LogP contribution in [-0.2, 0) is 15.6 Å². The molecule has 3 radical (unpaired) electrons. The highest BCUT2D eigenvalue weighted by molar-refractivity contribution is 5.38. The van der Waals surface area contributed by atoms with E-state index in [0.29, 0.717) is 25.7 Å². The van der Waals surface area contributed by atoms with Gasteiger partial charge in [0.25, 0.3) is 11.8 Å². The molecule has 12 heteroatoms. The third-order valence-electron chi connectivity index (χ3n) is 9.48. The molecule has 249 valence electrons. The average Bonchev–Trinajstić information content (AvgIpc) is 2.84. The fraction of sp³-hybridized carbons (Fsp3) is 0.844. The van der Waals surface area contributed by atoms with Crippen LogP contribution in [0.5, 0.6) is 17.5 Å². The van der Waals surface area contributed by atoms with Crippen LogP contribution >= 0.6 is 0 Å². The Morgan fingerprint density at radius 1 is 0.500 bits per heavy atom. The molecule has 1 aromatic heterocycles. The van der Waals surface area contributed by atoms with Crippen molar-refractivity contribution in [2.45, 2.75) is 173 Å². The van der Waals surface area contributed by atoms with E-state index in [-0.39, 0.29) is 12.8 Å². The molecule has 0 spiro atoms. The Hall–Kier alpha value is -1.83. The third kappa shape index (κ3) is 6.66. The van der Waals surface area contributed by atoms with Gasteiger partial charge < -0.3 is 14.2 Å². The van der Waals surface area contributed by atoms with Crippen molar-refractivity contribution in [1.29, 1.82) is 0 Å². The first-order valence-corrected chi connectivity index (χ1v) is 15.6. The Labute approximate surface area is 261 Å². The zero-order chi connectivity index (χ0) is 33.4. The van der Waals surface area contributed by atoms with E-state index in [1.165, 1.54) is 0 Å². The molecule has 0 atom stereocenters. The van der Waals surface area contributed by atoms with Crippen LogP contribution in [-0.4, -0.2) is 71.7 Å². The number of aromatic nitrogens is 1. The molecule has 0 unspecified atom stereocenters. The normalized spacial score (nSPS) is 27.7. The van der Waals surface area contributed by atoms with E-state index in [1.54, 1.807) is 83.1 Å². The predicted octanol–water partition coefficient (Wildman–Crippen LogP) is 6.60. The van der Waals surface area contributed by atoms with Gasteiger partial charge in [0.05, 0.1) is 0 Å². The minimum atomic E-state index is -1.11. The summed E-state index contributed by atoms with van der Waals surface area (Å²) in [5.74, 6) is -3.85. The summed E-state index contributed by atoms with van der Waals surface area (Å²) in [6.45, 7) is 21.5. The molecule has 0 saturated carbocycles. The lowest BCUT2D eigenvalue weighted by atomic mass is 9.80. The van der Waals surface area contributed by atoms with Crippen LogP contribution in [0, 0.1) is 11.6 Å². The summed E-state index contributed by atoms with van der Waals surface area (Å²) in [7, 11) is 0. The van der Waals surface area contributed by atoms with Crippen LogP contribution < -0.4 is 14.2 Å². The van der Waals surface area contributed by atoms with Gasteiger partial charge in [-0.15, -0.1) is 30.8 Å². The van der Waals surface area contributed by atoms with Gasteiger partial charge in [-0.05, 0) is 83.1 Å². The Balaban J connectivity index is 1.73. The average molecular weight is 626 g/mol. The fourth-order valence-corrected chi connectivity index (χ4v) is 7.99. The molecule has 0 N–H and O–H groups in total. The van der Waals surface area contributed by atoms with Gasteiger partial charge in [-0.1, -0.05) is 0 Å². The van der Waals surface area contributed by atoms with Crippen molar-refractivity contribution in [3.63, 3.8) is 0 Å². The summed E-state index contributed by atoms with van der Waals surface area (Å²) in [4.78, 5) is 4.20. The van der Waals surface area contributed by atoms with Crippen LogP contribution in [0.2, 0.25) is 0 Å². The van der Waals surface area contributed by atoms with Crippen LogP contribution in [0.3, 0.4) is 0 Å². The van der Waals surface area contributed by atoms with Gasteiger partial charge in [0.1, 0.15) is 18.3 Å². The summed E-state index contributed by atoms with van der Waals surface area (Å²) >= 11 is 0. The van der Waals surface area contributed by atoms with E-state index in [2.05, 4.69) is 4.98 Å². The molecular weight excluding hydrogens is 574 g/mol. The van der Waals surface area contributed by atoms with E-state index in [4.69, 9.17) is 14.2 Å². The van der Waals surface area contributed by atoms with Gasteiger partial charge >= 0.3 is 0 Å². The van der Waals surface area contributed by atoms with Crippen molar-refractivity contribution in [2.24, 2.45) is 0 Å². The van der Waals surface area contributed by atoms with Gasteiger partial charge in [-0.2, -0.15) is 13.8 Å². The standard InChI is InChI=1S/C32H51F2N4O6/c1-27(2)13-19(14-28(3,4)36(27)39)42-24-22(33)25(43-20-15-29(5,6)37(40)30(7,8)16-20)35-26(23(24)34)44-21-17-31(9,10)38(41)32(11,12)18-21/h19-21H,13-18H2,1-12H3. The molecule has 3 fully saturated rings. The number of ether oxygens (including phenoxy) is 3. The van der Waals surface area contributed by atoms with Crippen LogP contribution in [0.25, 0.3) is 0 Å². The topological polar surface area (TPSA) is 110 Å². The van der Waals surface area contributed by atoms with Crippen molar-refractivity contribution >= 4 is 0 Å². The Kier molecular flexibility index (Phi) is 8.88. The highest BCUT2D eigenvalue weighted by Crippen LogP contribution is 2.45. The SMILES string of the molecule is CC1(C)CC(Oc2nc(OC3CC(C)(C)N([O])C(C)(C)C3)c(F)c(OC3CC(C)(C)N([O])C(C)(C)C3)c2F)CC(C)(C)N1[O]. The number of hydroxylamine groups is 6. The van der Waals surface area contributed by atoms with Gasteiger partial charge in [-0.25, -0.2) is 0 Å². The third-order valence-corrected chi connectivity index (χ3v) is 9.48. The van der Waals surface area contributed by atoms with Crippen LogP contribution in [0.1, 0.15) is 122 Å². The summed E-state index contributed by atoms with van der Waals surface area (Å²) < 4.78 is 50.8. The Bertz CT molecular complexity index is 1120. The molecule has 3 saturated heterocycles. The quantitative estimate of drug-likeness (QED) is 0.350. The Morgan fingerprint density at radius 2 is 0.727 bits per heavy atom. The van der Waals surface area contributed by atoms with Crippen LogP contribution in [0.15, 0.2) is 0 Å². The lowest BCUT2D eigenvalue weighted by molar-refractivity contribution is -0.297. The zero-order valence-corrected chi connectivity index (χ0v) is 28.5. The lowest BCUT2D eigenvalue weighted by Crippen LogP contribution is -2.60. The number of nitrogens with zero attached hydrogens (tertiary/aromatic N) is 4. The van der Waals surface area contributed by atoms with Crippen molar-refractivity contribution in [1.82, 2.24) is 20.2 Å². The number of hydrogen-bond donors (Lipinski definition) is 0. The number of pyridine rings is 1. The molecule has 4 rings (SSSR count). The van der Waals surface area contributed by atoms with Crippen molar-refractivity contribution < 1.29 is 38.6 Å². The second-order valence-electron chi connectivity index (χ2n) is 16.9. The molecule has 10 nitrogen and oxygen atoms in total. The molecule has 0 amide bonds. The monoisotopic (exact) mass is 625 g/mol.